The Morgan fingerprint density at radius 1 is 1.38 bits per heavy atom. The molecule has 2 rings (SSSR count). The van der Waals surface area contributed by atoms with Crippen LogP contribution in [0.15, 0.2) is 6.07 Å². The van der Waals surface area contributed by atoms with Gasteiger partial charge in [-0.25, -0.2) is 4.98 Å². The molecule has 0 radical (unpaired) electrons. The minimum Gasteiger partial charge on any atom is -0.368 e. The highest BCUT2D eigenvalue weighted by atomic mass is 32.1. The number of carbonyl (C=O) groups excluding carboxylic acids is 1. The first-order valence-electron chi connectivity index (χ1n) is 7.16. The van der Waals surface area contributed by atoms with E-state index in [4.69, 9.17) is 5.73 Å². The number of hydrogen-bond acceptors (Lipinski definition) is 6. The number of rotatable bonds is 7. The van der Waals surface area contributed by atoms with Crippen molar-refractivity contribution < 1.29 is 4.79 Å². The number of likely N-dealkylation sites (N-methyl/N-ethyl adjacent to an activating group) is 1. The Bertz CT molecular complexity index is 640. The van der Waals surface area contributed by atoms with Crippen molar-refractivity contribution in [2.24, 2.45) is 5.73 Å². The van der Waals surface area contributed by atoms with E-state index in [1.54, 1.807) is 11.3 Å². The summed E-state index contributed by atoms with van der Waals surface area (Å²) in [7, 11) is 0. The summed E-state index contributed by atoms with van der Waals surface area (Å²) in [6.45, 7) is 7.67. The topological polar surface area (TPSA) is 84.1 Å². The molecule has 2 aromatic rings. The second-order valence-electron chi connectivity index (χ2n) is 4.67. The minimum atomic E-state index is -0.362. The quantitative estimate of drug-likeness (QED) is 0.817. The molecule has 0 saturated heterocycles. The maximum absolute atomic E-state index is 11.3. The molecule has 0 atom stereocenters. The molecular weight excluding hydrogens is 286 g/mol. The summed E-state index contributed by atoms with van der Waals surface area (Å²) in [5.74, 6) is 1.00. The van der Waals surface area contributed by atoms with E-state index in [9.17, 15) is 4.79 Å². The lowest BCUT2D eigenvalue weighted by molar-refractivity contribution is -0.116. The number of anilines is 2. The number of primary amides is 1. The van der Waals surface area contributed by atoms with Gasteiger partial charge in [0, 0.05) is 18.0 Å². The molecule has 0 aliphatic carbocycles. The number of nitrogens with one attached hydrogen (secondary N) is 1. The van der Waals surface area contributed by atoms with Crippen LogP contribution in [0.5, 0.6) is 0 Å². The van der Waals surface area contributed by atoms with E-state index in [1.807, 2.05) is 18.7 Å². The third kappa shape index (κ3) is 3.41. The van der Waals surface area contributed by atoms with Crippen LogP contribution in [0.1, 0.15) is 25.6 Å². The summed E-state index contributed by atoms with van der Waals surface area (Å²) in [4.78, 5) is 24.5. The zero-order valence-electron chi connectivity index (χ0n) is 12.6. The Labute approximate surface area is 128 Å². The van der Waals surface area contributed by atoms with Gasteiger partial charge in [-0.05, 0) is 26.3 Å². The lowest BCUT2D eigenvalue weighted by Crippen LogP contribution is -2.34. The number of hydrogen-bond donors (Lipinski definition) is 2. The summed E-state index contributed by atoms with van der Waals surface area (Å²) in [5.41, 5.74) is 5.34. The SMILES string of the molecule is CCNc1nc(N(CC)CC(N)=O)c2cc(CC)sc2n1. The van der Waals surface area contributed by atoms with Crippen LogP contribution in [-0.4, -0.2) is 35.5 Å². The van der Waals surface area contributed by atoms with Crippen molar-refractivity contribution >= 4 is 39.2 Å². The van der Waals surface area contributed by atoms with E-state index in [1.165, 1.54) is 4.88 Å². The summed E-state index contributed by atoms with van der Waals surface area (Å²) in [6.07, 6.45) is 0.957. The molecule has 0 unspecified atom stereocenters. The van der Waals surface area contributed by atoms with Crippen LogP contribution >= 0.6 is 11.3 Å². The molecule has 0 aromatic carbocycles. The lowest BCUT2D eigenvalue weighted by Gasteiger charge is -2.21. The number of aryl methyl sites for hydroxylation is 1. The zero-order valence-corrected chi connectivity index (χ0v) is 13.5. The average molecular weight is 307 g/mol. The Balaban J connectivity index is 2.56. The predicted octanol–water partition coefficient (Wildman–Crippen LogP) is 2.00. The number of nitrogens with two attached hydrogens (primary N) is 1. The molecule has 0 spiro atoms. The van der Waals surface area contributed by atoms with Crippen LogP contribution in [0.2, 0.25) is 0 Å². The van der Waals surface area contributed by atoms with Gasteiger partial charge in [0.1, 0.15) is 10.6 Å². The van der Waals surface area contributed by atoms with E-state index in [0.29, 0.717) is 12.5 Å². The van der Waals surface area contributed by atoms with Crippen LogP contribution in [0.25, 0.3) is 10.2 Å². The van der Waals surface area contributed by atoms with Crippen molar-refractivity contribution in [2.75, 3.05) is 29.9 Å². The Morgan fingerprint density at radius 2 is 2.14 bits per heavy atom. The number of nitrogens with zero attached hydrogens (tertiary/aromatic N) is 3. The fraction of sp³-hybridized carbons (Fsp3) is 0.500. The molecule has 3 N–H and O–H groups in total. The monoisotopic (exact) mass is 307 g/mol. The maximum atomic E-state index is 11.3. The molecule has 0 saturated carbocycles. The fourth-order valence-electron chi connectivity index (χ4n) is 2.13. The molecule has 0 aliphatic rings. The van der Waals surface area contributed by atoms with Gasteiger partial charge in [0.2, 0.25) is 11.9 Å². The zero-order chi connectivity index (χ0) is 15.4. The molecule has 0 bridgehead atoms. The highest BCUT2D eigenvalue weighted by Gasteiger charge is 2.17. The van der Waals surface area contributed by atoms with Gasteiger partial charge in [-0.15, -0.1) is 11.3 Å². The molecule has 2 aromatic heterocycles. The second kappa shape index (κ2) is 6.71. The van der Waals surface area contributed by atoms with Crippen LogP contribution < -0.4 is 16.0 Å². The van der Waals surface area contributed by atoms with E-state index in [2.05, 4.69) is 28.3 Å². The summed E-state index contributed by atoms with van der Waals surface area (Å²) < 4.78 is 0. The van der Waals surface area contributed by atoms with Gasteiger partial charge in [-0.3, -0.25) is 4.79 Å². The smallest absolute Gasteiger partial charge is 0.236 e. The van der Waals surface area contributed by atoms with Crippen molar-refractivity contribution in [3.8, 4) is 0 Å². The largest absolute Gasteiger partial charge is 0.368 e. The van der Waals surface area contributed by atoms with Gasteiger partial charge >= 0.3 is 0 Å². The van der Waals surface area contributed by atoms with Crippen LogP contribution in [0.4, 0.5) is 11.8 Å². The Hall–Kier alpha value is -1.89. The molecule has 0 aliphatic heterocycles. The van der Waals surface area contributed by atoms with E-state index in [-0.39, 0.29) is 12.5 Å². The normalized spacial score (nSPS) is 10.8. The highest BCUT2D eigenvalue weighted by molar-refractivity contribution is 7.18. The molecule has 7 heteroatoms. The van der Waals surface area contributed by atoms with E-state index < -0.39 is 0 Å². The molecule has 114 valence electrons. The van der Waals surface area contributed by atoms with Gasteiger partial charge in [0.25, 0.3) is 0 Å². The third-order valence-electron chi connectivity index (χ3n) is 3.13. The fourth-order valence-corrected chi connectivity index (χ4v) is 3.10. The van der Waals surface area contributed by atoms with Crippen molar-refractivity contribution in [1.82, 2.24) is 9.97 Å². The van der Waals surface area contributed by atoms with E-state index in [0.717, 1.165) is 29.0 Å². The number of carbonyl (C=O) groups is 1. The third-order valence-corrected chi connectivity index (χ3v) is 4.31. The second-order valence-corrected chi connectivity index (χ2v) is 5.78. The van der Waals surface area contributed by atoms with Crippen LogP contribution in [-0.2, 0) is 11.2 Å². The van der Waals surface area contributed by atoms with Crippen molar-refractivity contribution in [3.63, 3.8) is 0 Å². The van der Waals surface area contributed by atoms with Gasteiger partial charge in [0.05, 0.1) is 11.9 Å². The molecule has 6 nitrogen and oxygen atoms in total. The predicted molar refractivity (Wildman–Crippen MR) is 88.0 cm³/mol. The van der Waals surface area contributed by atoms with Crippen LogP contribution in [0.3, 0.4) is 0 Å². The van der Waals surface area contributed by atoms with Crippen molar-refractivity contribution in [3.05, 3.63) is 10.9 Å². The number of fused-ring (bicyclic) bond motifs is 1. The van der Waals surface area contributed by atoms with E-state index >= 15 is 0 Å². The lowest BCUT2D eigenvalue weighted by atomic mass is 10.3. The minimum absolute atomic E-state index is 0.158. The summed E-state index contributed by atoms with van der Waals surface area (Å²) >= 11 is 1.66. The first-order valence-corrected chi connectivity index (χ1v) is 7.98. The maximum Gasteiger partial charge on any atom is 0.236 e. The first-order chi connectivity index (χ1) is 10.1. The number of amides is 1. The number of thiophene rings is 1. The Kier molecular flexibility index (Phi) is 4.95. The van der Waals surface area contributed by atoms with Gasteiger partial charge in [0.15, 0.2) is 0 Å². The Morgan fingerprint density at radius 3 is 2.71 bits per heavy atom. The highest BCUT2D eigenvalue weighted by Crippen LogP contribution is 2.32. The molecular formula is C14H21N5OS. The van der Waals surface area contributed by atoms with Crippen molar-refractivity contribution in [1.29, 1.82) is 0 Å². The molecule has 21 heavy (non-hydrogen) atoms. The van der Waals surface area contributed by atoms with Gasteiger partial charge in [-0.2, -0.15) is 4.98 Å². The van der Waals surface area contributed by atoms with Gasteiger partial charge < -0.3 is 16.0 Å². The summed E-state index contributed by atoms with van der Waals surface area (Å²) in [6, 6.07) is 2.11. The first kappa shape index (κ1) is 15.5. The van der Waals surface area contributed by atoms with Gasteiger partial charge in [-0.1, -0.05) is 6.92 Å². The van der Waals surface area contributed by atoms with Crippen molar-refractivity contribution in [2.45, 2.75) is 27.2 Å². The average Bonchev–Trinajstić information content (AvgIpc) is 2.87. The summed E-state index contributed by atoms with van der Waals surface area (Å²) in [5, 5.41) is 4.13. The van der Waals surface area contributed by atoms with Crippen LogP contribution in [0, 0.1) is 0 Å². The molecule has 0 fully saturated rings. The molecule has 2 heterocycles. The standard InChI is InChI=1S/C14H21N5OS/c1-4-9-7-10-12(19(6-3)8-11(15)20)17-14(16-5-2)18-13(10)21-9/h7H,4-6,8H2,1-3H3,(H2,15,20)(H,16,17,18). The number of aromatic nitrogens is 2. The molecule has 1 amide bonds.